The molecule has 0 amide bonds. The number of halogens is 1. The maximum Gasteiger partial charge on any atom is 0.215 e. The molecule has 0 saturated heterocycles. The molecular formula is C19H28ClN3O2Si. The van der Waals surface area contributed by atoms with Crippen molar-refractivity contribution in [1.29, 1.82) is 0 Å². The molecule has 2 rings (SSSR count). The second kappa shape index (κ2) is 7.94. The molecule has 0 atom stereocenters. The van der Waals surface area contributed by atoms with Gasteiger partial charge in [0, 0.05) is 17.3 Å². The summed E-state index contributed by atoms with van der Waals surface area (Å²) in [5, 5.41) is 0.303. The van der Waals surface area contributed by atoms with Crippen molar-refractivity contribution in [2.75, 3.05) is 12.3 Å². The van der Waals surface area contributed by atoms with Gasteiger partial charge in [-0.05, 0) is 55.6 Å². The van der Waals surface area contributed by atoms with Crippen LogP contribution in [0.15, 0.2) is 24.4 Å². The van der Waals surface area contributed by atoms with Gasteiger partial charge in [-0.3, -0.25) is 4.98 Å². The Balaban J connectivity index is 2.08. The first kappa shape index (κ1) is 20.7. The minimum atomic E-state index is -2.20. The number of ether oxygens (including phenoxy) is 1. The van der Waals surface area contributed by atoms with Gasteiger partial charge < -0.3 is 15.3 Å². The Hall–Kier alpha value is -1.63. The van der Waals surface area contributed by atoms with Gasteiger partial charge in [-0.2, -0.15) is 0 Å². The standard InChI is InChI=1S/C19H28ClN3O2Si/c1-13-16(11-15(21)12-22-13)14-9-17(20)23-18(10-14)25-8-6-7-19(2,3)26(4,5)24/h9-12,24H,6-8,21H2,1-5H3. The molecule has 26 heavy (non-hydrogen) atoms. The number of hydrogen-bond acceptors (Lipinski definition) is 5. The number of nitrogen functional groups attached to an aromatic ring is 1. The quantitative estimate of drug-likeness (QED) is 0.400. The van der Waals surface area contributed by atoms with E-state index in [-0.39, 0.29) is 5.04 Å². The van der Waals surface area contributed by atoms with Crippen molar-refractivity contribution in [3.05, 3.63) is 35.2 Å². The van der Waals surface area contributed by atoms with Crippen LogP contribution in [0.5, 0.6) is 5.88 Å². The van der Waals surface area contributed by atoms with E-state index in [9.17, 15) is 4.80 Å². The number of nitrogens with zero attached hydrogens (tertiary/aromatic N) is 2. The molecule has 7 heteroatoms. The van der Waals surface area contributed by atoms with E-state index in [1.54, 1.807) is 12.3 Å². The van der Waals surface area contributed by atoms with Crippen molar-refractivity contribution in [3.8, 4) is 17.0 Å². The van der Waals surface area contributed by atoms with Gasteiger partial charge in [-0.1, -0.05) is 25.4 Å². The number of hydrogen-bond donors (Lipinski definition) is 2. The highest BCUT2D eigenvalue weighted by Crippen LogP contribution is 2.39. The molecule has 0 aliphatic carbocycles. The Morgan fingerprint density at radius 2 is 1.96 bits per heavy atom. The lowest BCUT2D eigenvalue weighted by molar-refractivity contribution is 0.284. The molecule has 0 fully saturated rings. The zero-order valence-electron chi connectivity index (χ0n) is 16.1. The predicted octanol–water partition coefficient (Wildman–Crippen LogP) is 4.82. The van der Waals surface area contributed by atoms with Crippen molar-refractivity contribution < 1.29 is 9.53 Å². The Morgan fingerprint density at radius 3 is 2.62 bits per heavy atom. The van der Waals surface area contributed by atoms with Gasteiger partial charge in [0.05, 0.1) is 18.5 Å². The minimum Gasteiger partial charge on any atom is -0.478 e. The number of rotatable bonds is 7. The summed E-state index contributed by atoms with van der Waals surface area (Å²) in [6, 6.07) is 5.50. The van der Waals surface area contributed by atoms with Crippen LogP contribution in [0.2, 0.25) is 23.3 Å². The molecule has 0 unspecified atom stereocenters. The minimum absolute atomic E-state index is 0.0619. The average Bonchev–Trinajstić information content (AvgIpc) is 2.52. The maximum absolute atomic E-state index is 10.4. The highest BCUT2D eigenvalue weighted by atomic mass is 35.5. The van der Waals surface area contributed by atoms with Crippen molar-refractivity contribution in [2.45, 2.75) is 51.7 Å². The second-order valence-corrected chi connectivity index (χ2v) is 12.7. The molecule has 0 aliphatic heterocycles. The zero-order chi connectivity index (χ0) is 19.5. The molecule has 2 heterocycles. The zero-order valence-corrected chi connectivity index (χ0v) is 17.9. The summed E-state index contributed by atoms with van der Waals surface area (Å²) in [7, 11) is -2.20. The summed E-state index contributed by atoms with van der Waals surface area (Å²) in [5.41, 5.74) is 9.10. The van der Waals surface area contributed by atoms with Crippen LogP contribution < -0.4 is 10.5 Å². The van der Waals surface area contributed by atoms with E-state index in [0.717, 1.165) is 29.7 Å². The molecule has 0 radical (unpaired) electrons. The number of pyridine rings is 2. The van der Waals surface area contributed by atoms with Crippen molar-refractivity contribution in [3.63, 3.8) is 0 Å². The van der Waals surface area contributed by atoms with Gasteiger partial charge in [0.25, 0.3) is 0 Å². The lowest BCUT2D eigenvalue weighted by Crippen LogP contribution is -2.39. The van der Waals surface area contributed by atoms with Crippen molar-refractivity contribution in [1.82, 2.24) is 9.97 Å². The van der Waals surface area contributed by atoms with Crippen LogP contribution >= 0.6 is 11.6 Å². The Bertz CT molecular complexity index is 776. The molecule has 0 spiro atoms. The molecular weight excluding hydrogens is 366 g/mol. The molecule has 2 aromatic rings. The average molecular weight is 394 g/mol. The summed E-state index contributed by atoms with van der Waals surface area (Å²) in [5.74, 6) is 0.479. The lowest BCUT2D eigenvalue weighted by atomic mass is 10.1. The highest BCUT2D eigenvalue weighted by Gasteiger charge is 2.37. The summed E-state index contributed by atoms with van der Waals surface area (Å²) in [6.07, 6.45) is 3.37. The van der Waals surface area contributed by atoms with E-state index in [0.29, 0.717) is 23.3 Å². The Morgan fingerprint density at radius 1 is 1.27 bits per heavy atom. The fourth-order valence-electron chi connectivity index (χ4n) is 2.54. The van der Waals surface area contributed by atoms with Crippen LogP contribution in [0.4, 0.5) is 5.69 Å². The van der Waals surface area contributed by atoms with E-state index in [1.165, 1.54) is 0 Å². The first-order valence-corrected chi connectivity index (χ1v) is 12.1. The highest BCUT2D eigenvalue weighted by molar-refractivity contribution is 6.72. The molecule has 0 saturated carbocycles. The van der Waals surface area contributed by atoms with E-state index in [1.807, 2.05) is 32.2 Å². The third kappa shape index (κ3) is 5.19. The normalized spacial score (nSPS) is 12.3. The van der Waals surface area contributed by atoms with Crippen LogP contribution in [0.25, 0.3) is 11.1 Å². The molecule has 142 valence electrons. The Labute approximate surface area is 161 Å². The molecule has 0 aliphatic rings. The molecule has 0 bridgehead atoms. The second-order valence-electron chi connectivity index (χ2n) is 7.81. The van der Waals surface area contributed by atoms with Gasteiger partial charge >= 0.3 is 0 Å². The smallest absolute Gasteiger partial charge is 0.215 e. The van der Waals surface area contributed by atoms with Crippen LogP contribution in [0.3, 0.4) is 0 Å². The third-order valence-corrected chi connectivity index (χ3v) is 8.80. The number of aromatic nitrogens is 2. The van der Waals surface area contributed by atoms with E-state index in [4.69, 9.17) is 22.1 Å². The fraction of sp³-hybridized carbons (Fsp3) is 0.474. The molecule has 0 aromatic carbocycles. The first-order valence-electron chi connectivity index (χ1n) is 8.75. The van der Waals surface area contributed by atoms with Crippen molar-refractivity contribution >= 4 is 25.6 Å². The van der Waals surface area contributed by atoms with Gasteiger partial charge in [0.2, 0.25) is 5.88 Å². The first-order chi connectivity index (χ1) is 12.0. The monoisotopic (exact) mass is 393 g/mol. The molecule has 5 nitrogen and oxygen atoms in total. The summed E-state index contributed by atoms with van der Waals surface area (Å²) in [4.78, 5) is 18.9. The van der Waals surface area contributed by atoms with Gasteiger partial charge in [-0.25, -0.2) is 4.98 Å². The van der Waals surface area contributed by atoms with Gasteiger partial charge in [0.15, 0.2) is 8.32 Å². The van der Waals surface area contributed by atoms with Gasteiger partial charge in [-0.15, -0.1) is 0 Å². The molecule has 2 aromatic heterocycles. The molecule has 3 N–H and O–H groups in total. The third-order valence-electron chi connectivity index (χ3n) is 5.04. The number of aryl methyl sites for hydroxylation is 1. The van der Waals surface area contributed by atoms with E-state index >= 15 is 0 Å². The van der Waals surface area contributed by atoms with Crippen LogP contribution in [0.1, 0.15) is 32.4 Å². The summed E-state index contributed by atoms with van der Waals surface area (Å²) < 4.78 is 5.81. The maximum atomic E-state index is 10.4. The van der Waals surface area contributed by atoms with E-state index < -0.39 is 8.32 Å². The van der Waals surface area contributed by atoms with Crippen LogP contribution in [-0.2, 0) is 0 Å². The van der Waals surface area contributed by atoms with Crippen LogP contribution in [-0.4, -0.2) is 29.7 Å². The number of anilines is 1. The SMILES string of the molecule is Cc1ncc(N)cc1-c1cc(Cl)nc(OCCCC(C)(C)[Si](C)(C)O)c1. The lowest BCUT2D eigenvalue weighted by Gasteiger charge is -2.35. The summed E-state index contributed by atoms with van der Waals surface area (Å²) in [6.45, 7) is 10.6. The predicted molar refractivity (Wildman–Crippen MR) is 110 cm³/mol. The topological polar surface area (TPSA) is 81.3 Å². The Kier molecular flexibility index (Phi) is 6.32. The number of nitrogens with two attached hydrogens (primary N) is 1. The van der Waals surface area contributed by atoms with E-state index in [2.05, 4.69) is 23.8 Å². The largest absolute Gasteiger partial charge is 0.478 e. The fourth-order valence-corrected chi connectivity index (χ4v) is 3.53. The van der Waals surface area contributed by atoms with Gasteiger partial charge in [0.1, 0.15) is 5.15 Å². The summed E-state index contributed by atoms with van der Waals surface area (Å²) >= 11 is 6.17. The van der Waals surface area contributed by atoms with Crippen molar-refractivity contribution in [2.24, 2.45) is 0 Å². The van der Waals surface area contributed by atoms with Crippen LogP contribution in [0, 0.1) is 6.92 Å².